The van der Waals surface area contributed by atoms with Crippen molar-refractivity contribution in [2.45, 2.75) is 25.3 Å². The van der Waals surface area contributed by atoms with Crippen LogP contribution in [0.15, 0.2) is 90.1 Å². The number of piperazine rings is 1. The number of carbonyl (C=O) groups excluding carboxylic acids is 3. The average Bonchev–Trinajstić information content (AvgIpc) is 3.06. The molecule has 2 aromatic heterocycles. The van der Waals surface area contributed by atoms with Crippen molar-refractivity contribution >= 4 is 33.3 Å². The summed E-state index contributed by atoms with van der Waals surface area (Å²) in [7, 11) is -3.49. The lowest BCUT2D eigenvalue weighted by Gasteiger charge is -2.34. The van der Waals surface area contributed by atoms with Gasteiger partial charge in [0.2, 0.25) is 15.9 Å². The molecule has 3 heterocycles. The Kier molecular flexibility index (Phi) is 10.2. The van der Waals surface area contributed by atoms with Crippen molar-refractivity contribution in [3.05, 3.63) is 108 Å². The minimum atomic E-state index is -3.49. The maximum absolute atomic E-state index is 13.1. The Balaban J connectivity index is 1.09. The summed E-state index contributed by atoms with van der Waals surface area (Å²) in [6, 6.07) is 19.9. The van der Waals surface area contributed by atoms with Gasteiger partial charge in [-0.3, -0.25) is 24.3 Å². The number of benzene rings is 2. The van der Waals surface area contributed by atoms with Crippen LogP contribution < -0.4 is 14.8 Å². The fraction of sp³-hybridized carbons (Fsp3) is 0.242. The summed E-state index contributed by atoms with van der Waals surface area (Å²) in [5.41, 5.74) is 2.57. The second kappa shape index (κ2) is 14.4. The van der Waals surface area contributed by atoms with E-state index in [0.29, 0.717) is 62.1 Å². The number of amides is 2. The maximum Gasteiger partial charge on any atom is 0.272 e. The molecule has 5 rings (SSSR count). The minimum Gasteiger partial charge on any atom is -0.439 e. The molecule has 2 aromatic carbocycles. The van der Waals surface area contributed by atoms with Gasteiger partial charge in [0.1, 0.15) is 11.4 Å². The standard InChI is InChI=1S/C33H34N6O6S/c1-3-36-46(43,44)29-12-4-24(5-13-29)22-38-16-18-39(19-17-38)33(42)30-14-8-26(20-34-30)32(41)37-27-9-15-31(35-21-27)45-28-10-6-25(7-11-28)23(2)40/h4-15,20-21,36H,3,16-19,22H2,1-2H3,(H,37,41). The first kappa shape index (κ1) is 32.4. The SMILES string of the molecule is CCNS(=O)(=O)c1ccc(CN2CCN(C(=O)c3ccc(C(=O)Nc4ccc(Oc5ccc(C(C)=O)cc5)nc4)cn3)CC2)cc1. The zero-order chi connectivity index (χ0) is 32.7. The first-order valence-electron chi connectivity index (χ1n) is 14.7. The zero-order valence-corrected chi connectivity index (χ0v) is 26.3. The van der Waals surface area contributed by atoms with Crippen molar-refractivity contribution in [3.8, 4) is 11.6 Å². The fourth-order valence-electron chi connectivity index (χ4n) is 4.83. The van der Waals surface area contributed by atoms with Crippen LogP contribution in [-0.4, -0.2) is 78.5 Å². The molecule has 12 nitrogen and oxygen atoms in total. The molecule has 0 spiro atoms. The van der Waals surface area contributed by atoms with Crippen molar-refractivity contribution in [2.24, 2.45) is 0 Å². The van der Waals surface area contributed by atoms with E-state index in [2.05, 4.69) is 24.9 Å². The van der Waals surface area contributed by atoms with Crippen LogP contribution in [0.4, 0.5) is 5.69 Å². The lowest BCUT2D eigenvalue weighted by molar-refractivity contribution is 0.0622. The Morgan fingerprint density at radius 2 is 1.52 bits per heavy atom. The van der Waals surface area contributed by atoms with E-state index in [4.69, 9.17) is 4.74 Å². The molecule has 2 N–H and O–H groups in total. The molecule has 0 bridgehead atoms. The Morgan fingerprint density at radius 1 is 0.826 bits per heavy atom. The molecule has 0 radical (unpaired) electrons. The van der Waals surface area contributed by atoms with Crippen LogP contribution in [0.25, 0.3) is 0 Å². The third kappa shape index (κ3) is 8.18. The molecule has 0 aliphatic carbocycles. The first-order valence-corrected chi connectivity index (χ1v) is 16.2. The lowest BCUT2D eigenvalue weighted by Crippen LogP contribution is -2.48. The smallest absolute Gasteiger partial charge is 0.272 e. The molecule has 46 heavy (non-hydrogen) atoms. The highest BCUT2D eigenvalue weighted by Crippen LogP contribution is 2.22. The van der Waals surface area contributed by atoms with Crippen molar-refractivity contribution in [2.75, 3.05) is 38.0 Å². The number of nitrogens with zero attached hydrogens (tertiary/aromatic N) is 4. The number of pyridine rings is 2. The largest absolute Gasteiger partial charge is 0.439 e. The monoisotopic (exact) mass is 642 g/mol. The molecule has 4 aromatic rings. The number of carbonyl (C=O) groups is 3. The van der Waals surface area contributed by atoms with E-state index >= 15 is 0 Å². The van der Waals surface area contributed by atoms with Gasteiger partial charge in [0.15, 0.2) is 5.78 Å². The highest BCUT2D eigenvalue weighted by atomic mass is 32.2. The quantitative estimate of drug-likeness (QED) is 0.232. The number of hydrogen-bond acceptors (Lipinski definition) is 9. The van der Waals surface area contributed by atoms with Gasteiger partial charge in [-0.15, -0.1) is 0 Å². The number of sulfonamides is 1. The first-order chi connectivity index (χ1) is 22.1. The summed E-state index contributed by atoms with van der Waals surface area (Å²) >= 11 is 0. The molecule has 238 valence electrons. The van der Waals surface area contributed by atoms with Crippen LogP contribution >= 0.6 is 0 Å². The Hall–Kier alpha value is -4.98. The molecule has 0 atom stereocenters. The van der Waals surface area contributed by atoms with Crippen molar-refractivity contribution in [3.63, 3.8) is 0 Å². The van der Waals surface area contributed by atoms with Crippen LogP contribution in [0.2, 0.25) is 0 Å². The lowest BCUT2D eigenvalue weighted by atomic mass is 10.1. The highest BCUT2D eigenvalue weighted by molar-refractivity contribution is 7.89. The van der Waals surface area contributed by atoms with Crippen molar-refractivity contribution in [1.82, 2.24) is 24.5 Å². The molecular formula is C33H34N6O6S. The third-order valence-corrected chi connectivity index (χ3v) is 8.92. The Labute approximate surface area is 267 Å². The van der Waals surface area contributed by atoms with Crippen LogP contribution in [0.5, 0.6) is 11.6 Å². The number of aromatic nitrogens is 2. The maximum atomic E-state index is 13.1. The summed E-state index contributed by atoms with van der Waals surface area (Å²) in [4.78, 5) is 49.9. The summed E-state index contributed by atoms with van der Waals surface area (Å²) < 4.78 is 32.5. The molecule has 1 aliphatic rings. The van der Waals surface area contributed by atoms with Gasteiger partial charge in [-0.1, -0.05) is 19.1 Å². The number of nitrogens with one attached hydrogen (secondary N) is 2. The van der Waals surface area contributed by atoms with Crippen LogP contribution in [0.3, 0.4) is 0 Å². The average molecular weight is 643 g/mol. The zero-order valence-electron chi connectivity index (χ0n) is 25.5. The normalized spacial score (nSPS) is 13.7. The van der Waals surface area contributed by atoms with Gasteiger partial charge in [0, 0.05) is 57.1 Å². The van der Waals surface area contributed by atoms with Gasteiger partial charge in [0.05, 0.1) is 22.3 Å². The number of ketones is 1. The van der Waals surface area contributed by atoms with E-state index in [1.807, 2.05) is 12.1 Å². The predicted octanol–water partition coefficient (Wildman–Crippen LogP) is 3.98. The minimum absolute atomic E-state index is 0.0324. The number of anilines is 1. The van der Waals surface area contributed by atoms with Gasteiger partial charge >= 0.3 is 0 Å². The Bertz CT molecular complexity index is 1790. The molecule has 13 heteroatoms. The molecule has 0 unspecified atom stereocenters. The van der Waals surface area contributed by atoms with Gasteiger partial charge in [-0.2, -0.15) is 0 Å². The summed E-state index contributed by atoms with van der Waals surface area (Å²) in [6.45, 7) is 6.56. The molecule has 1 fully saturated rings. The Morgan fingerprint density at radius 3 is 2.11 bits per heavy atom. The number of rotatable bonds is 11. The van der Waals surface area contributed by atoms with Crippen molar-refractivity contribution < 1.29 is 27.5 Å². The molecule has 2 amide bonds. The molecule has 1 saturated heterocycles. The van der Waals surface area contributed by atoms with Gasteiger partial charge in [-0.05, 0) is 67.1 Å². The highest BCUT2D eigenvalue weighted by Gasteiger charge is 2.23. The number of hydrogen-bond donors (Lipinski definition) is 2. The van der Waals surface area contributed by atoms with Crippen LogP contribution in [0, 0.1) is 0 Å². The summed E-state index contributed by atoms with van der Waals surface area (Å²) in [6.07, 6.45) is 2.83. The summed E-state index contributed by atoms with van der Waals surface area (Å²) in [5.74, 6) is 0.211. The van der Waals surface area contributed by atoms with E-state index in [9.17, 15) is 22.8 Å². The second-order valence-electron chi connectivity index (χ2n) is 10.7. The number of Topliss-reactive ketones (excluding diaryl/α,β-unsaturated/α-hetero) is 1. The van der Waals surface area contributed by atoms with Crippen molar-refractivity contribution in [1.29, 1.82) is 0 Å². The molecule has 0 saturated carbocycles. The van der Waals surface area contributed by atoms with Gasteiger partial charge < -0.3 is 15.0 Å². The van der Waals surface area contributed by atoms with Crippen LogP contribution in [-0.2, 0) is 16.6 Å². The van der Waals surface area contributed by atoms with E-state index in [0.717, 1.165) is 5.56 Å². The molecular weight excluding hydrogens is 608 g/mol. The topological polar surface area (TPSA) is 151 Å². The van der Waals surface area contributed by atoms with E-state index in [-0.39, 0.29) is 27.8 Å². The van der Waals surface area contributed by atoms with Crippen LogP contribution in [0.1, 0.15) is 50.6 Å². The third-order valence-electron chi connectivity index (χ3n) is 7.36. The fourth-order valence-corrected chi connectivity index (χ4v) is 5.87. The second-order valence-corrected chi connectivity index (χ2v) is 12.4. The van der Waals surface area contributed by atoms with Gasteiger partial charge in [-0.25, -0.2) is 18.1 Å². The van der Waals surface area contributed by atoms with E-state index in [1.54, 1.807) is 72.5 Å². The van der Waals surface area contributed by atoms with Gasteiger partial charge in [0.25, 0.3) is 11.8 Å². The van der Waals surface area contributed by atoms with E-state index < -0.39 is 15.9 Å². The van der Waals surface area contributed by atoms with E-state index in [1.165, 1.54) is 19.3 Å². The molecule has 1 aliphatic heterocycles. The number of ether oxygens (including phenoxy) is 1. The summed E-state index contributed by atoms with van der Waals surface area (Å²) in [5, 5.41) is 2.75. The predicted molar refractivity (Wildman–Crippen MR) is 171 cm³/mol.